The topological polar surface area (TPSA) is 57.7 Å². The van der Waals surface area contributed by atoms with Gasteiger partial charge in [0.25, 0.3) is 11.1 Å². The molecule has 3 amide bonds. The third kappa shape index (κ3) is 3.45. The first-order valence-electron chi connectivity index (χ1n) is 7.44. The summed E-state index contributed by atoms with van der Waals surface area (Å²) in [6.45, 7) is 1.14. The largest absolute Gasteiger partial charge is 0.341 e. The Kier molecular flexibility index (Phi) is 5.18. The van der Waals surface area contributed by atoms with E-state index < -0.39 is 11.1 Å². The van der Waals surface area contributed by atoms with Crippen LogP contribution in [0.4, 0.5) is 4.79 Å². The third-order valence-corrected chi connectivity index (χ3v) is 5.47. The Bertz CT molecular complexity index is 725. The maximum absolute atomic E-state index is 12.5. The molecule has 24 heavy (non-hydrogen) atoms. The van der Waals surface area contributed by atoms with Crippen molar-refractivity contribution < 1.29 is 14.4 Å². The van der Waals surface area contributed by atoms with Gasteiger partial charge in [-0.2, -0.15) is 0 Å². The number of carbonyl (C=O) groups is 3. The molecule has 8 heteroatoms. The van der Waals surface area contributed by atoms with E-state index in [-0.39, 0.29) is 17.4 Å². The predicted molar refractivity (Wildman–Crippen MR) is 95.0 cm³/mol. The van der Waals surface area contributed by atoms with Crippen LogP contribution in [-0.2, 0) is 9.59 Å². The first kappa shape index (κ1) is 17.3. The predicted octanol–water partition coefficient (Wildman–Crippen LogP) is 3.65. The van der Waals surface area contributed by atoms with Crippen molar-refractivity contribution in [1.82, 2.24) is 9.80 Å². The minimum Gasteiger partial charge on any atom is -0.341 e. The molecule has 1 aromatic rings. The molecule has 0 radical (unpaired) electrons. The van der Waals surface area contributed by atoms with E-state index in [1.807, 2.05) is 0 Å². The monoisotopic (exact) mass is 384 g/mol. The van der Waals surface area contributed by atoms with Crippen LogP contribution in [0.25, 0.3) is 6.08 Å². The van der Waals surface area contributed by atoms with Crippen molar-refractivity contribution in [2.75, 3.05) is 19.6 Å². The Morgan fingerprint density at radius 3 is 2.42 bits per heavy atom. The Morgan fingerprint density at radius 1 is 1.17 bits per heavy atom. The molecular formula is C16H14Cl2N2O3S. The molecule has 0 aromatic heterocycles. The zero-order valence-electron chi connectivity index (χ0n) is 12.6. The van der Waals surface area contributed by atoms with Crippen LogP contribution in [-0.4, -0.2) is 46.5 Å². The van der Waals surface area contributed by atoms with Gasteiger partial charge in [0.2, 0.25) is 5.91 Å². The van der Waals surface area contributed by atoms with Gasteiger partial charge in [-0.1, -0.05) is 29.3 Å². The number of likely N-dealkylation sites (tertiary alicyclic amines) is 1. The van der Waals surface area contributed by atoms with E-state index in [4.69, 9.17) is 23.2 Å². The van der Waals surface area contributed by atoms with Crippen LogP contribution in [0.2, 0.25) is 10.0 Å². The summed E-state index contributed by atoms with van der Waals surface area (Å²) in [5.41, 5.74) is 0.484. The van der Waals surface area contributed by atoms with Crippen LogP contribution < -0.4 is 0 Å². The van der Waals surface area contributed by atoms with Crippen molar-refractivity contribution >= 4 is 58.1 Å². The molecule has 0 aliphatic carbocycles. The number of carbonyl (C=O) groups excluding carboxylic acids is 3. The third-order valence-electron chi connectivity index (χ3n) is 3.90. The van der Waals surface area contributed by atoms with Gasteiger partial charge in [-0.3, -0.25) is 19.3 Å². The lowest BCUT2D eigenvalue weighted by atomic mass is 10.2. The van der Waals surface area contributed by atoms with E-state index in [0.29, 0.717) is 28.7 Å². The second-order valence-corrected chi connectivity index (χ2v) is 7.30. The van der Waals surface area contributed by atoms with Crippen molar-refractivity contribution in [3.8, 4) is 0 Å². The summed E-state index contributed by atoms with van der Waals surface area (Å²) in [6.07, 6.45) is 3.41. The number of amides is 3. The fraction of sp³-hybridized carbons (Fsp3) is 0.312. The highest BCUT2D eigenvalue weighted by molar-refractivity contribution is 8.18. The number of imide groups is 1. The Balaban J connectivity index is 1.78. The van der Waals surface area contributed by atoms with Crippen molar-refractivity contribution in [2.45, 2.75) is 12.8 Å². The molecule has 5 nitrogen and oxygen atoms in total. The number of halogens is 2. The molecule has 126 valence electrons. The van der Waals surface area contributed by atoms with Crippen LogP contribution >= 0.6 is 35.0 Å². The fourth-order valence-electron chi connectivity index (χ4n) is 2.62. The SMILES string of the molecule is O=C(CN1C(=O)S/C(=C/c2c(Cl)cccc2Cl)C1=O)N1CCCC1. The van der Waals surface area contributed by atoms with E-state index in [1.54, 1.807) is 23.1 Å². The van der Waals surface area contributed by atoms with Crippen LogP contribution in [0.15, 0.2) is 23.1 Å². The van der Waals surface area contributed by atoms with Gasteiger partial charge in [0.05, 0.1) is 4.91 Å². The van der Waals surface area contributed by atoms with Crippen molar-refractivity contribution in [2.24, 2.45) is 0 Å². The van der Waals surface area contributed by atoms with Crippen LogP contribution in [0, 0.1) is 0 Å². The van der Waals surface area contributed by atoms with E-state index in [2.05, 4.69) is 0 Å². The second kappa shape index (κ2) is 7.17. The number of thioether (sulfide) groups is 1. The zero-order chi connectivity index (χ0) is 17.3. The maximum Gasteiger partial charge on any atom is 0.294 e. The first-order valence-corrected chi connectivity index (χ1v) is 9.02. The number of rotatable bonds is 3. The van der Waals surface area contributed by atoms with Crippen molar-refractivity contribution in [3.05, 3.63) is 38.7 Å². The first-order chi connectivity index (χ1) is 11.5. The van der Waals surface area contributed by atoms with Crippen LogP contribution in [0.5, 0.6) is 0 Å². The molecule has 0 unspecified atom stereocenters. The lowest BCUT2D eigenvalue weighted by molar-refractivity contribution is -0.135. The van der Waals surface area contributed by atoms with E-state index in [9.17, 15) is 14.4 Å². The van der Waals surface area contributed by atoms with Gasteiger partial charge in [0.15, 0.2) is 0 Å². The summed E-state index contributed by atoms with van der Waals surface area (Å²) in [5, 5.41) is 0.326. The quantitative estimate of drug-likeness (QED) is 0.746. The zero-order valence-corrected chi connectivity index (χ0v) is 15.0. The number of hydrogen-bond acceptors (Lipinski definition) is 4. The van der Waals surface area contributed by atoms with Gasteiger partial charge in [-0.05, 0) is 42.8 Å². The van der Waals surface area contributed by atoms with Gasteiger partial charge in [-0.25, -0.2) is 0 Å². The number of hydrogen-bond donors (Lipinski definition) is 0. The highest BCUT2D eigenvalue weighted by Crippen LogP contribution is 2.35. The molecule has 0 atom stereocenters. The highest BCUT2D eigenvalue weighted by atomic mass is 35.5. The van der Waals surface area contributed by atoms with Crippen LogP contribution in [0.3, 0.4) is 0 Å². The van der Waals surface area contributed by atoms with Gasteiger partial charge in [-0.15, -0.1) is 0 Å². The van der Waals surface area contributed by atoms with Crippen LogP contribution in [0.1, 0.15) is 18.4 Å². The van der Waals surface area contributed by atoms with Gasteiger partial charge < -0.3 is 4.90 Å². The second-order valence-electron chi connectivity index (χ2n) is 5.49. The average molecular weight is 385 g/mol. The van der Waals surface area contributed by atoms with Gasteiger partial charge in [0.1, 0.15) is 6.54 Å². The fourth-order valence-corrected chi connectivity index (χ4v) is 3.94. The standard InChI is InChI=1S/C16H14Cl2N2O3S/c17-11-4-3-5-12(18)10(11)8-13-15(22)20(16(23)24-13)9-14(21)19-6-1-2-7-19/h3-5,8H,1-2,6-7,9H2/b13-8+. The lowest BCUT2D eigenvalue weighted by Gasteiger charge is -2.18. The lowest BCUT2D eigenvalue weighted by Crippen LogP contribution is -2.40. The smallest absolute Gasteiger partial charge is 0.294 e. The molecule has 3 rings (SSSR count). The number of nitrogens with zero attached hydrogens (tertiary/aromatic N) is 2. The van der Waals surface area contributed by atoms with Gasteiger partial charge in [0, 0.05) is 28.7 Å². The summed E-state index contributed by atoms with van der Waals surface area (Å²) < 4.78 is 0. The molecule has 2 heterocycles. The molecule has 2 saturated heterocycles. The Hall–Kier alpha value is -1.50. The molecule has 0 bridgehead atoms. The molecule has 0 saturated carbocycles. The molecule has 2 aliphatic heterocycles. The van der Waals surface area contributed by atoms with E-state index in [0.717, 1.165) is 29.5 Å². The molecule has 2 fully saturated rings. The summed E-state index contributed by atoms with van der Waals surface area (Å²) in [7, 11) is 0. The van der Waals surface area contributed by atoms with Gasteiger partial charge >= 0.3 is 0 Å². The summed E-state index contributed by atoms with van der Waals surface area (Å²) >= 11 is 13.0. The Labute approximate surface area is 153 Å². The minimum atomic E-state index is -0.492. The van der Waals surface area contributed by atoms with E-state index >= 15 is 0 Å². The normalized spacial score (nSPS) is 19.7. The summed E-state index contributed by atoms with van der Waals surface area (Å²) in [6, 6.07) is 5.00. The summed E-state index contributed by atoms with van der Waals surface area (Å²) in [5.74, 6) is -0.694. The number of benzene rings is 1. The molecule has 1 aromatic carbocycles. The highest BCUT2D eigenvalue weighted by Gasteiger charge is 2.37. The maximum atomic E-state index is 12.5. The molecule has 0 N–H and O–H groups in total. The average Bonchev–Trinajstić information content (AvgIpc) is 3.16. The Morgan fingerprint density at radius 2 is 1.79 bits per heavy atom. The molecule has 0 spiro atoms. The summed E-state index contributed by atoms with van der Waals surface area (Å²) in [4.78, 5) is 39.6. The van der Waals surface area contributed by atoms with E-state index in [1.165, 1.54) is 6.08 Å². The molecular weight excluding hydrogens is 371 g/mol. The van der Waals surface area contributed by atoms with Crippen molar-refractivity contribution in [1.29, 1.82) is 0 Å². The molecule has 2 aliphatic rings. The van der Waals surface area contributed by atoms with Crippen molar-refractivity contribution in [3.63, 3.8) is 0 Å². The minimum absolute atomic E-state index is 0.202.